The third-order valence-electron chi connectivity index (χ3n) is 3.51. The Morgan fingerprint density at radius 2 is 2.27 bits per heavy atom. The van der Waals surface area contributed by atoms with Gasteiger partial charge in [0.05, 0.1) is 12.9 Å². The number of imidazole rings is 1. The Morgan fingerprint density at radius 3 is 3.00 bits per heavy atom. The van der Waals surface area contributed by atoms with Crippen molar-refractivity contribution in [3.05, 3.63) is 12.7 Å². The molecule has 3 heterocycles. The third kappa shape index (κ3) is 2.28. The summed E-state index contributed by atoms with van der Waals surface area (Å²) < 4.78 is 12.7. The number of hydrogen-bond acceptors (Lipinski definition) is 8. The van der Waals surface area contributed by atoms with E-state index in [2.05, 4.69) is 20.9 Å². The molecule has 1 fully saturated rings. The van der Waals surface area contributed by atoms with Crippen molar-refractivity contribution < 1.29 is 19.7 Å². The van der Waals surface area contributed by atoms with E-state index in [1.165, 1.54) is 12.7 Å². The van der Waals surface area contributed by atoms with Crippen molar-refractivity contribution in [1.29, 1.82) is 0 Å². The number of fused-ring (bicyclic) bond motifs is 1. The second-order valence-corrected chi connectivity index (χ2v) is 4.80. The van der Waals surface area contributed by atoms with Crippen LogP contribution in [0.4, 0.5) is 5.82 Å². The first-order chi connectivity index (χ1) is 10.7. The molecule has 0 saturated carbocycles. The molecule has 1 aliphatic heterocycles. The lowest BCUT2D eigenvalue weighted by Crippen LogP contribution is -2.35. The number of aromatic nitrogens is 4. The van der Waals surface area contributed by atoms with Gasteiger partial charge in [0.1, 0.15) is 36.8 Å². The number of aliphatic hydroxyl groups is 2. The molecule has 0 bridgehead atoms. The van der Waals surface area contributed by atoms with E-state index in [0.29, 0.717) is 11.2 Å². The van der Waals surface area contributed by atoms with Crippen molar-refractivity contribution in [2.24, 2.45) is 0 Å². The molecule has 4 N–H and O–H groups in total. The van der Waals surface area contributed by atoms with E-state index in [1.54, 1.807) is 4.57 Å². The molecule has 2 unspecified atom stereocenters. The predicted molar refractivity (Wildman–Crippen MR) is 75.3 cm³/mol. The minimum Gasteiger partial charge on any atom is -0.394 e. The normalized spacial score (nSPS) is 28.0. The van der Waals surface area contributed by atoms with Crippen molar-refractivity contribution in [3.8, 4) is 12.3 Å². The van der Waals surface area contributed by atoms with Crippen molar-refractivity contribution in [2.75, 3.05) is 18.9 Å². The maximum absolute atomic E-state index is 10.2. The fourth-order valence-electron chi connectivity index (χ4n) is 2.47. The van der Waals surface area contributed by atoms with Crippen LogP contribution >= 0.6 is 0 Å². The van der Waals surface area contributed by atoms with Gasteiger partial charge >= 0.3 is 0 Å². The van der Waals surface area contributed by atoms with Crippen LogP contribution in [0.15, 0.2) is 12.7 Å². The zero-order valence-electron chi connectivity index (χ0n) is 11.5. The lowest BCUT2D eigenvalue weighted by Gasteiger charge is -2.20. The minimum absolute atomic E-state index is 0.00346. The van der Waals surface area contributed by atoms with Gasteiger partial charge in [-0.15, -0.1) is 6.42 Å². The summed E-state index contributed by atoms with van der Waals surface area (Å²) in [4.78, 5) is 12.1. The Morgan fingerprint density at radius 1 is 1.45 bits per heavy atom. The number of hydrogen-bond donors (Lipinski definition) is 3. The maximum atomic E-state index is 10.2. The first-order valence-electron chi connectivity index (χ1n) is 6.59. The molecule has 0 amide bonds. The van der Waals surface area contributed by atoms with E-state index in [-0.39, 0.29) is 19.0 Å². The zero-order chi connectivity index (χ0) is 15.7. The quantitative estimate of drug-likeness (QED) is 0.593. The average Bonchev–Trinajstić information content (AvgIpc) is 3.07. The fraction of sp³-hybridized carbons (Fsp3) is 0.462. The number of nitrogens with two attached hydrogens (primary N) is 1. The molecule has 1 saturated heterocycles. The van der Waals surface area contributed by atoms with Crippen LogP contribution in [0.25, 0.3) is 11.2 Å². The number of ether oxygens (including phenoxy) is 2. The predicted octanol–water partition coefficient (Wildman–Crippen LogP) is -1.32. The lowest BCUT2D eigenvalue weighted by atomic mass is 10.1. The summed E-state index contributed by atoms with van der Waals surface area (Å²) in [6.45, 7) is -0.346. The molecule has 0 radical (unpaired) electrons. The van der Waals surface area contributed by atoms with E-state index < -0.39 is 24.5 Å². The summed E-state index contributed by atoms with van der Waals surface area (Å²) in [5.74, 6) is 2.58. The Labute approximate surface area is 125 Å². The molecular weight excluding hydrogens is 290 g/mol. The van der Waals surface area contributed by atoms with Gasteiger partial charge < -0.3 is 25.4 Å². The van der Waals surface area contributed by atoms with Crippen molar-refractivity contribution in [1.82, 2.24) is 19.5 Å². The Bertz CT molecular complexity index is 712. The first kappa shape index (κ1) is 14.7. The summed E-state index contributed by atoms with van der Waals surface area (Å²) in [5.41, 5.74) is 6.61. The van der Waals surface area contributed by atoms with Gasteiger partial charge in [-0.25, -0.2) is 15.0 Å². The van der Waals surface area contributed by atoms with E-state index >= 15 is 0 Å². The molecule has 0 aliphatic carbocycles. The molecule has 9 heteroatoms. The SMILES string of the molecule is C#CCOC1C(O)[C@@H](CO)O[C@H]1n1cnc2c(N)ncnc21. The minimum atomic E-state index is -1.03. The molecular formula is C13H15N5O4. The van der Waals surface area contributed by atoms with Crippen LogP contribution in [0.3, 0.4) is 0 Å². The highest BCUT2D eigenvalue weighted by Gasteiger charge is 2.45. The van der Waals surface area contributed by atoms with Gasteiger partial charge in [-0.1, -0.05) is 5.92 Å². The highest BCUT2D eigenvalue weighted by atomic mass is 16.6. The summed E-state index contributed by atoms with van der Waals surface area (Å²) in [6.07, 6.45) is 4.66. The fourth-order valence-corrected chi connectivity index (χ4v) is 2.47. The number of aliphatic hydroxyl groups excluding tert-OH is 2. The van der Waals surface area contributed by atoms with E-state index in [9.17, 15) is 10.2 Å². The molecule has 0 spiro atoms. The van der Waals surface area contributed by atoms with Crippen LogP contribution in [0, 0.1) is 12.3 Å². The average molecular weight is 305 g/mol. The van der Waals surface area contributed by atoms with E-state index in [1.807, 2.05) is 0 Å². The maximum Gasteiger partial charge on any atom is 0.167 e. The molecule has 22 heavy (non-hydrogen) atoms. The van der Waals surface area contributed by atoms with Gasteiger partial charge in [0.25, 0.3) is 0 Å². The molecule has 4 atom stereocenters. The van der Waals surface area contributed by atoms with Crippen molar-refractivity contribution >= 4 is 17.0 Å². The van der Waals surface area contributed by atoms with Gasteiger partial charge in [-0.2, -0.15) is 0 Å². The molecule has 1 aliphatic rings. The van der Waals surface area contributed by atoms with Gasteiger partial charge in [0.2, 0.25) is 0 Å². The monoisotopic (exact) mass is 305 g/mol. The topological polar surface area (TPSA) is 129 Å². The van der Waals surface area contributed by atoms with Crippen LogP contribution in [-0.2, 0) is 9.47 Å². The number of nitrogen functional groups attached to an aromatic ring is 1. The zero-order valence-corrected chi connectivity index (χ0v) is 11.5. The van der Waals surface area contributed by atoms with Crippen LogP contribution in [-0.4, -0.2) is 61.3 Å². The molecule has 2 aromatic rings. The summed E-state index contributed by atoms with van der Waals surface area (Å²) >= 11 is 0. The van der Waals surface area contributed by atoms with Gasteiger partial charge in [-0.3, -0.25) is 4.57 Å². The smallest absolute Gasteiger partial charge is 0.167 e. The Hall–Kier alpha value is -2.25. The van der Waals surface area contributed by atoms with Gasteiger partial charge in [0, 0.05) is 0 Å². The molecule has 2 aromatic heterocycles. The number of rotatable bonds is 4. The van der Waals surface area contributed by atoms with E-state index in [4.69, 9.17) is 21.6 Å². The lowest BCUT2D eigenvalue weighted by molar-refractivity contribution is -0.0636. The van der Waals surface area contributed by atoms with Gasteiger partial charge in [-0.05, 0) is 0 Å². The second-order valence-electron chi connectivity index (χ2n) is 4.80. The largest absolute Gasteiger partial charge is 0.394 e. The first-order valence-corrected chi connectivity index (χ1v) is 6.59. The molecule has 3 rings (SSSR count). The van der Waals surface area contributed by atoms with Crippen molar-refractivity contribution in [2.45, 2.75) is 24.5 Å². The standard InChI is InChI=1S/C13H15N5O4/c1-2-3-21-10-9(20)7(4-19)22-13(10)18-6-17-8-11(14)15-5-16-12(8)18/h1,5-7,9-10,13,19-20H,3-4H2,(H2,14,15,16)/t7-,9?,10?,13-/m1/s1. The number of nitrogens with zero attached hydrogens (tertiary/aromatic N) is 4. The van der Waals surface area contributed by atoms with Crippen molar-refractivity contribution in [3.63, 3.8) is 0 Å². The Balaban J connectivity index is 2.00. The molecule has 9 nitrogen and oxygen atoms in total. The molecule has 0 aromatic carbocycles. The number of terminal acetylenes is 1. The van der Waals surface area contributed by atoms with E-state index in [0.717, 1.165) is 0 Å². The summed E-state index contributed by atoms with van der Waals surface area (Å²) in [6, 6.07) is 0. The second kappa shape index (κ2) is 5.86. The van der Waals surface area contributed by atoms with Crippen LogP contribution in [0.1, 0.15) is 6.23 Å². The highest BCUT2D eigenvalue weighted by molar-refractivity contribution is 5.81. The summed E-state index contributed by atoms with van der Waals surface area (Å²) in [5, 5.41) is 19.5. The molecule has 116 valence electrons. The van der Waals surface area contributed by atoms with Gasteiger partial charge in [0.15, 0.2) is 17.7 Å². The van der Waals surface area contributed by atoms with Crippen LogP contribution in [0.5, 0.6) is 0 Å². The van der Waals surface area contributed by atoms with Crippen LogP contribution < -0.4 is 5.73 Å². The third-order valence-corrected chi connectivity index (χ3v) is 3.51. The summed E-state index contributed by atoms with van der Waals surface area (Å²) in [7, 11) is 0. The number of anilines is 1. The van der Waals surface area contributed by atoms with Crippen LogP contribution in [0.2, 0.25) is 0 Å². The Kier molecular flexibility index (Phi) is 3.91. The highest BCUT2D eigenvalue weighted by Crippen LogP contribution is 2.33.